The number of anilines is 2. The van der Waals surface area contributed by atoms with Gasteiger partial charge < -0.3 is 15.5 Å². The summed E-state index contributed by atoms with van der Waals surface area (Å²) in [6.07, 6.45) is 3.62. The van der Waals surface area contributed by atoms with E-state index >= 15 is 0 Å². The van der Waals surface area contributed by atoms with Gasteiger partial charge in [0.15, 0.2) is 0 Å². The summed E-state index contributed by atoms with van der Waals surface area (Å²) in [7, 11) is 1.71. The SMILES string of the molecule is CN(Cc1ccccn1)C(=O)Nc1cccc(NC(=O)C2CC2)c1. The fraction of sp³-hybridized carbons (Fsp3) is 0.278. The first-order chi connectivity index (χ1) is 11.6. The first-order valence-electron chi connectivity index (χ1n) is 7.95. The van der Waals surface area contributed by atoms with E-state index in [0.29, 0.717) is 17.9 Å². The second-order valence-corrected chi connectivity index (χ2v) is 5.95. The maximum atomic E-state index is 12.3. The van der Waals surface area contributed by atoms with Gasteiger partial charge in [-0.25, -0.2) is 4.79 Å². The van der Waals surface area contributed by atoms with Crippen molar-refractivity contribution >= 4 is 23.3 Å². The summed E-state index contributed by atoms with van der Waals surface area (Å²) in [6, 6.07) is 12.5. The van der Waals surface area contributed by atoms with E-state index in [9.17, 15) is 9.59 Å². The lowest BCUT2D eigenvalue weighted by Gasteiger charge is -2.18. The van der Waals surface area contributed by atoms with E-state index in [1.165, 1.54) is 0 Å². The van der Waals surface area contributed by atoms with Gasteiger partial charge in [0.1, 0.15) is 0 Å². The van der Waals surface area contributed by atoms with Gasteiger partial charge in [0, 0.05) is 30.5 Å². The summed E-state index contributed by atoms with van der Waals surface area (Å²) < 4.78 is 0. The number of hydrogen-bond donors (Lipinski definition) is 2. The molecule has 1 fully saturated rings. The number of carbonyl (C=O) groups is 2. The zero-order valence-electron chi connectivity index (χ0n) is 13.5. The second-order valence-electron chi connectivity index (χ2n) is 5.95. The van der Waals surface area contributed by atoms with Crippen molar-refractivity contribution in [2.45, 2.75) is 19.4 Å². The van der Waals surface area contributed by atoms with Gasteiger partial charge >= 0.3 is 6.03 Å². The molecule has 0 unspecified atom stereocenters. The Morgan fingerprint density at radius 2 is 1.88 bits per heavy atom. The van der Waals surface area contributed by atoms with Gasteiger partial charge in [-0.05, 0) is 43.2 Å². The van der Waals surface area contributed by atoms with Gasteiger partial charge in [-0.1, -0.05) is 12.1 Å². The Hall–Kier alpha value is -2.89. The number of nitrogens with one attached hydrogen (secondary N) is 2. The summed E-state index contributed by atoms with van der Waals surface area (Å²) >= 11 is 0. The van der Waals surface area contributed by atoms with Crippen LogP contribution >= 0.6 is 0 Å². The average molecular weight is 324 g/mol. The van der Waals surface area contributed by atoms with Crippen molar-refractivity contribution in [2.75, 3.05) is 17.7 Å². The minimum absolute atomic E-state index is 0.0470. The number of nitrogens with zero attached hydrogens (tertiary/aromatic N) is 2. The minimum Gasteiger partial charge on any atom is -0.326 e. The molecule has 0 spiro atoms. The van der Waals surface area contributed by atoms with Crippen LogP contribution in [0.4, 0.5) is 16.2 Å². The highest BCUT2D eigenvalue weighted by atomic mass is 16.2. The standard InChI is InChI=1S/C18H20N4O2/c1-22(12-16-5-2-3-10-19-16)18(24)21-15-7-4-6-14(11-15)20-17(23)13-8-9-13/h2-7,10-11,13H,8-9,12H2,1H3,(H,20,23)(H,21,24). The van der Waals surface area contributed by atoms with E-state index < -0.39 is 0 Å². The molecule has 2 aromatic rings. The zero-order valence-corrected chi connectivity index (χ0v) is 13.5. The number of hydrogen-bond acceptors (Lipinski definition) is 3. The third-order valence-corrected chi connectivity index (χ3v) is 3.80. The fourth-order valence-corrected chi connectivity index (χ4v) is 2.29. The lowest BCUT2D eigenvalue weighted by Crippen LogP contribution is -2.31. The molecule has 3 amide bonds. The molecule has 0 saturated heterocycles. The van der Waals surface area contributed by atoms with E-state index in [-0.39, 0.29) is 17.9 Å². The first-order valence-corrected chi connectivity index (χ1v) is 7.95. The van der Waals surface area contributed by atoms with Crippen molar-refractivity contribution in [3.05, 3.63) is 54.4 Å². The van der Waals surface area contributed by atoms with Crippen molar-refractivity contribution < 1.29 is 9.59 Å². The van der Waals surface area contributed by atoms with Crippen molar-refractivity contribution in [2.24, 2.45) is 5.92 Å². The Morgan fingerprint density at radius 1 is 1.12 bits per heavy atom. The summed E-state index contributed by atoms with van der Waals surface area (Å²) in [5.41, 5.74) is 2.15. The third-order valence-electron chi connectivity index (χ3n) is 3.80. The van der Waals surface area contributed by atoms with E-state index in [2.05, 4.69) is 15.6 Å². The number of aromatic nitrogens is 1. The Bertz CT molecular complexity index is 729. The van der Waals surface area contributed by atoms with E-state index in [1.54, 1.807) is 36.3 Å². The molecular formula is C18H20N4O2. The van der Waals surface area contributed by atoms with Crippen LogP contribution in [0.3, 0.4) is 0 Å². The Balaban J connectivity index is 1.58. The molecule has 1 saturated carbocycles. The fourth-order valence-electron chi connectivity index (χ4n) is 2.29. The molecule has 6 heteroatoms. The maximum Gasteiger partial charge on any atom is 0.321 e. The summed E-state index contributed by atoms with van der Waals surface area (Å²) in [6.45, 7) is 0.421. The molecule has 0 atom stereocenters. The minimum atomic E-state index is -0.230. The molecule has 1 aliphatic rings. The first kappa shape index (κ1) is 16.0. The Morgan fingerprint density at radius 3 is 2.54 bits per heavy atom. The lowest BCUT2D eigenvalue weighted by atomic mass is 10.2. The van der Waals surface area contributed by atoms with Crippen LogP contribution in [0.5, 0.6) is 0 Å². The largest absolute Gasteiger partial charge is 0.326 e. The van der Waals surface area contributed by atoms with Crippen LogP contribution in [-0.2, 0) is 11.3 Å². The van der Waals surface area contributed by atoms with Gasteiger partial charge in [0.25, 0.3) is 0 Å². The topological polar surface area (TPSA) is 74.3 Å². The Labute approximate surface area is 140 Å². The van der Waals surface area contributed by atoms with Crippen LogP contribution in [0.25, 0.3) is 0 Å². The highest BCUT2D eigenvalue weighted by Gasteiger charge is 2.29. The number of rotatable bonds is 5. The van der Waals surface area contributed by atoms with Crippen LogP contribution in [0.15, 0.2) is 48.7 Å². The summed E-state index contributed by atoms with van der Waals surface area (Å²) in [5.74, 6) is 0.193. The van der Waals surface area contributed by atoms with E-state index in [0.717, 1.165) is 18.5 Å². The molecule has 2 N–H and O–H groups in total. The summed E-state index contributed by atoms with van der Waals surface area (Å²) in [4.78, 5) is 29.8. The van der Waals surface area contributed by atoms with Crippen molar-refractivity contribution in [1.29, 1.82) is 0 Å². The van der Waals surface area contributed by atoms with Crippen molar-refractivity contribution in [3.8, 4) is 0 Å². The normalized spacial score (nSPS) is 13.2. The van der Waals surface area contributed by atoms with Crippen LogP contribution in [0.1, 0.15) is 18.5 Å². The number of amides is 3. The molecule has 3 rings (SSSR count). The quantitative estimate of drug-likeness (QED) is 0.887. The van der Waals surface area contributed by atoms with Crippen LogP contribution in [0, 0.1) is 5.92 Å². The van der Waals surface area contributed by atoms with Crippen molar-refractivity contribution in [3.63, 3.8) is 0 Å². The van der Waals surface area contributed by atoms with Crippen LogP contribution < -0.4 is 10.6 Å². The number of urea groups is 1. The molecule has 1 aromatic carbocycles. The monoisotopic (exact) mass is 324 g/mol. The van der Waals surface area contributed by atoms with Gasteiger partial charge in [0.05, 0.1) is 12.2 Å². The molecule has 124 valence electrons. The highest BCUT2D eigenvalue weighted by Crippen LogP contribution is 2.30. The van der Waals surface area contributed by atoms with Gasteiger partial charge in [-0.3, -0.25) is 9.78 Å². The zero-order chi connectivity index (χ0) is 16.9. The molecule has 0 bridgehead atoms. The lowest BCUT2D eigenvalue weighted by molar-refractivity contribution is -0.117. The smallest absolute Gasteiger partial charge is 0.321 e. The maximum absolute atomic E-state index is 12.3. The number of benzene rings is 1. The predicted octanol–water partition coefficient (Wildman–Crippen LogP) is 3.09. The van der Waals surface area contributed by atoms with Gasteiger partial charge in [-0.2, -0.15) is 0 Å². The summed E-state index contributed by atoms with van der Waals surface area (Å²) in [5, 5.41) is 5.70. The molecule has 1 aromatic heterocycles. The number of carbonyl (C=O) groups excluding carboxylic acids is 2. The van der Waals surface area contributed by atoms with Gasteiger partial charge in [0.2, 0.25) is 5.91 Å². The van der Waals surface area contributed by atoms with Gasteiger partial charge in [-0.15, -0.1) is 0 Å². The predicted molar refractivity (Wildman–Crippen MR) is 92.5 cm³/mol. The molecule has 24 heavy (non-hydrogen) atoms. The van der Waals surface area contributed by atoms with Crippen LogP contribution in [0.2, 0.25) is 0 Å². The molecule has 1 heterocycles. The molecular weight excluding hydrogens is 304 g/mol. The van der Waals surface area contributed by atoms with E-state index in [1.807, 2.05) is 24.3 Å². The average Bonchev–Trinajstić information content (AvgIpc) is 3.41. The van der Waals surface area contributed by atoms with E-state index in [4.69, 9.17) is 0 Å². The second kappa shape index (κ2) is 7.12. The molecule has 0 aliphatic heterocycles. The highest BCUT2D eigenvalue weighted by molar-refractivity contribution is 5.95. The Kier molecular flexibility index (Phi) is 4.74. The third kappa shape index (κ3) is 4.32. The molecule has 6 nitrogen and oxygen atoms in total. The number of pyridine rings is 1. The molecule has 1 aliphatic carbocycles. The van der Waals surface area contributed by atoms with Crippen molar-refractivity contribution in [1.82, 2.24) is 9.88 Å². The molecule has 0 radical (unpaired) electrons. The van der Waals surface area contributed by atoms with Crippen LogP contribution in [-0.4, -0.2) is 28.9 Å².